The number of benzene rings is 2. The summed E-state index contributed by atoms with van der Waals surface area (Å²) in [4.78, 5) is 1.50. The monoisotopic (exact) mass is 343 g/mol. The number of nitrogens with zero attached hydrogens (tertiary/aromatic N) is 3. The van der Waals surface area contributed by atoms with Gasteiger partial charge >= 0.3 is 0 Å². The lowest BCUT2D eigenvalue weighted by molar-refractivity contribution is 0.440. The van der Waals surface area contributed by atoms with Crippen molar-refractivity contribution in [2.45, 2.75) is 46.0 Å². The first-order valence-corrected chi connectivity index (χ1v) is 8.56. The minimum atomic E-state index is -0.168. The van der Waals surface area contributed by atoms with E-state index in [-0.39, 0.29) is 11.2 Å². The largest absolute Gasteiger partial charge is 0.505 e. The molecule has 2 aromatic carbocycles. The van der Waals surface area contributed by atoms with Crippen LogP contribution in [0.4, 0.5) is 0 Å². The normalized spacial score (nSPS) is 12.0. The summed E-state index contributed by atoms with van der Waals surface area (Å²) in [5, 5.41) is 20.4. The fraction of sp³-hybridized carbons (Fsp3) is 0.368. The van der Waals surface area contributed by atoms with Crippen LogP contribution >= 0.6 is 11.6 Å². The van der Waals surface area contributed by atoms with E-state index in [2.05, 4.69) is 44.0 Å². The Morgan fingerprint density at radius 2 is 1.79 bits per heavy atom. The van der Waals surface area contributed by atoms with Crippen molar-refractivity contribution in [3.05, 3.63) is 46.5 Å². The van der Waals surface area contributed by atoms with Gasteiger partial charge in [0.25, 0.3) is 0 Å². The van der Waals surface area contributed by atoms with Gasteiger partial charge in [-0.3, -0.25) is 0 Å². The van der Waals surface area contributed by atoms with Gasteiger partial charge in [0, 0.05) is 10.6 Å². The summed E-state index contributed by atoms with van der Waals surface area (Å²) in [6.07, 6.45) is 1.99. The maximum atomic E-state index is 10.8. The number of fused-ring (bicyclic) bond motifs is 1. The first kappa shape index (κ1) is 16.8. The van der Waals surface area contributed by atoms with Gasteiger partial charge in [-0.2, -0.15) is 0 Å². The van der Waals surface area contributed by atoms with E-state index in [1.807, 2.05) is 12.1 Å². The number of aromatic nitrogens is 3. The predicted molar refractivity (Wildman–Crippen MR) is 98.2 cm³/mol. The van der Waals surface area contributed by atoms with Gasteiger partial charge in [0.05, 0.1) is 0 Å². The van der Waals surface area contributed by atoms with Gasteiger partial charge in [-0.15, -0.1) is 15.0 Å². The van der Waals surface area contributed by atoms with Crippen molar-refractivity contribution >= 4 is 22.6 Å². The highest BCUT2D eigenvalue weighted by molar-refractivity contribution is 6.31. The summed E-state index contributed by atoms with van der Waals surface area (Å²) >= 11 is 6.03. The predicted octanol–water partition coefficient (Wildman–Crippen LogP) is 5.03. The fourth-order valence-electron chi connectivity index (χ4n) is 2.83. The number of hydrogen-bond acceptors (Lipinski definition) is 3. The van der Waals surface area contributed by atoms with E-state index in [1.165, 1.54) is 10.4 Å². The molecule has 3 aromatic rings. The molecule has 3 rings (SSSR count). The molecule has 0 spiro atoms. The lowest BCUT2D eigenvalue weighted by Gasteiger charge is -2.23. The van der Waals surface area contributed by atoms with E-state index >= 15 is 0 Å². The molecule has 0 saturated carbocycles. The Bertz CT molecular complexity index is 893. The van der Waals surface area contributed by atoms with E-state index in [0.29, 0.717) is 16.2 Å². The molecule has 24 heavy (non-hydrogen) atoms. The van der Waals surface area contributed by atoms with Gasteiger partial charge in [-0.25, -0.2) is 0 Å². The number of phenols is 1. The molecular formula is C19H22ClN3O. The topological polar surface area (TPSA) is 50.9 Å². The van der Waals surface area contributed by atoms with Crippen LogP contribution in [0.3, 0.4) is 0 Å². The number of rotatable bonds is 3. The molecule has 1 aromatic heterocycles. The van der Waals surface area contributed by atoms with Gasteiger partial charge in [-0.1, -0.05) is 51.8 Å². The molecule has 0 aliphatic carbocycles. The third-order valence-corrected chi connectivity index (χ3v) is 4.29. The van der Waals surface area contributed by atoms with Gasteiger partial charge in [-0.05, 0) is 41.7 Å². The van der Waals surface area contributed by atoms with Crippen molar-refractivity contribution in [3.8, 4) is 11.4 Å². The highest BCUT2D eigenvalue weighted by Crippen LogP contribution is 2.36. The van der Waals surface area contributed by atoms with E-state index in [0.717, 1.165) is 23.9 Å². The minimum absolute atomic E-state index is 0.168. The van der Waals surface area contributed by atoms with Crippen molar-refractivity contribution in [2.75, 3.05) is 0 Å². The van der Waals surface area contributed by atoms with Crippen LogP contribution in [-0.2, 0) is 11.8 Å². The quantitative estimate of drug-likeness (QED) is 0.725. The Labute approximate surface area is 147 Å². The molecule has 0 fully saturated rings. The Balaban J connectivity index is 2.22. The summed E-state index contributed by atoms with van der Waals surface area (Å²) in [7, 11) is 0. The zero-order valence-electron chi connectivity index (χ0n) is 14.5. The number of phenolic OH excluding ortho intramolecular Hbond substituents is 1. The molecule has 5 heteroatoms. The molecule has 0 aliphatic heterocycles. The van der Waals surface area contributed by atoms with Crippen LogP contribution in [-0.4, -0.2) is 20.1 Å². The summed E-state index contributed by atoms with van der Waals surface area (Å²) in [6.45, 7) is 8.42. The molecule has 0 unspecified atom stereocenters. The molecule has 0 radical (unpaired) electrons. The van der Waals surface area contributed by atoms with Gasteiger partial charge in [0.15, 0.2) is 0 Å². The molecule has 1 heterocycles. The lowest BCUT2D eigenvalue weighted by Crippen LogP contribution is -2.14. The Morgan fingerprint density at radius 3 is 2.46 bits per heavy atom. The van der Waals surface area contributed by atoms with E-state index < -0.39 is 0 Å². The van der Waals surface area contributed by atoms with Crippen LogP contribution in [0.5, 0.6) is 5.75 Å². The van der Waals surface area contributed by atoms with E-state index in [1.54, 1.807) is 12.1 Å². The fourth-order valence-corrected chi connectivity index (χ4v) is 3.00. The van der Waals surface area contributed by atoms with Crippen LogP contribution in [0.2, 0.25) is 5.02 Å². The molecule has 4 nitrogen and oxygen atoms in total. The second-order valence-electron chi connectivity index (χ2n) is 7.13. The summed E-state index contributed by atoms with van der Waals surface area (Å²) in [6, 6.07) is 9.45. The molecule has 0 aliphatic rings. The van der Waals surface area contributed by atoms with Crippen LogP contribution in [0.25, 0.3) is 16.7 Å². The third kappa shape index (κ3) is 3.11. The van der Waals surface area contributed by atoms with Crippen LogP contribution < -0.4 is 0 Å². The Hall–Kier alpha value is -2.07. The molecular weight excluding hydrogens is 322 g/mol. The van der Waals surface area contributed by atoms with Crippen LogP contribution in [0, 0.1) is 0 Å². The lowest BCUT2D eigenvalue weighted by atomic mass is 9.84. The van der Waals surface area contributed by atoms with Crippen molar-refractivity contribution in [2.24, 2.45) is 0 Å². The van der Waals surface area contributed by atoms with Crippen molar-refractivity contribution in [1.82, 2.24) is 15.0 Å². The van der Waals surface area contributed by atoms with Gasteiger partial charge in [0.2, 0.25) is 0 Å². The Kier molecular flexibility index (Phi) is 4.26. The average Bonchev–Trinajstić information content (AvgIpc) is 2.90. The molecule has 0 saturated heterocycles. The molecule has 1 N–H and O–H groups in total. The standard InChI is InChI=1S/C19H22ClN3O/c1-5-6-12-9-14(19(2,3)4)18(24)17(10-12)23-21-15-8-7-13(20)11-16(15)22-23/h7-11,24H,5-6H2,1-4H3. The number of halogens is 1. The number of hydrogen-bond donors (Lipinski definition) is 1. The molecule has 0 amide bonds. The second-order valence-corrected chi connectivity index (χ2v) is 7.57. The third-order valence-electron chi connectivity index (χ3n) is 4.05. The minimum Gasteiger partial charge on any atom is -0.505 e. The van der Waals surface area contributed by atoms with Crippen LogP contribution in [0.15, 0.2) is 30.3 Å². The van der Waals surface area contributed by atoms with Gasteiger partial charge < -0.3 is 5.11 Å². The van der Waals surface area contributed by atoms with Crippen molar-refractivity contribution in [3.63, 3.8) is 0 Å². The second kappa shape index (κ2) is 6.10. The first-order valence-electron chi connectivity index (χ1n) is 8.19. The highest BCUT2D eigenvalue weighted by atomic mass is 35.5. The van der Waals surface area contributed by atoms with Crippen LogP contribution in [0.1, 0.15) is 45.2 Å². The van der Waals surface area contributed by atoms with E-state index in [9.17, 15) is 5.11 Å². The average molecular weight is 344 g/mol. The van der Waals surface area contributed by atoms with E-state index in [4.69, 9.17) is 11.6 Å². The zero-order valence-corrected chi connectivity index (χ0v) is 15.2. The summed E-state index contributed by atoms with van der Waals surface area (Å²) in [5.41, 5.74) is 3.98. The Morgan fingerprint density at radius 1 is 1.08 bits per heavy atom. The highest BCUT2D eigenvalue weighted by Gasteiger charge is 2.23. The van der Waals surface area contributed by atoms with Gasteiger partial charge in [0.1, 0.15) is 22.5 Å². The van der Waals surface area contributed by atoms with Crippen molar-refractivity contribution < 1.29 is 5.11 Å². The number of aryl methyl sites for hydroxylation is 1. The molecule has 126 valence electrons. The maximum absolute atomic E-state index is 10.8. The smallest absolute Gasteiger partial charge is 0.146 e. The summed E-state index contributed by atoms with van der Waals surface area (Å²) < 4.78 is 0. The SMILES string of the molecule is CCCc1cc(-n2nc3ccc(Cl)cc3n2)c(O)c(C(C)(C)C)c1. The zero-order chi connectivity index (χ0) is 17.5. The first-order chi connectivity index (χ1) is 11.3. The molecule has 0 bridgehead atoms. The summed E-state index contributed by atoms with van der Waals surface area (Å²) in [5.74, 6) is 0.230. The maximum Gasteiger partial charge on any atom is 0.146 e. The number of aromatic hydroxyl groups is 1. The molecule has 0 atom stereocenters. The van der Waals surface area contributed by atoms with Crippen molar-refractivity contribution in [1.29, 1.82) is 0 Å².